The molecular weight excluding hydrogens is 207 g/mol. The summed E-state index contributed by atoms with van der Waals surface area (Å²) in [6, 6.07) is 4.45. The molecule has 0 radical (unpaired) electrons. The summed E-state index contributed by atoms with van der Waals surface area (Å²) in [6.45, 7) is 0. The van der Waals surface area contributed by atoms with Gasteiger partial charge in [-0.2, -0.15) is 0 Å². The topological polar surface area (TPSA) is 113 Å². The maximum absolute atomic E-state index is 10.7. The highest BCUT2D eigenvalue weighted by molar-refractivity contribution is 7.60. The molecule has 0 saturated heterocycles. The number of nitrogens with two attached hydrogens (primary N) is 1. The molecule has 5 N–H and O–H groups in total. The van der Waals surface area contributed by atoms with E-state index in [0.29, 0.717) is 5.69 Å². The van der Waals surface area contributed by atoms with Crippen LogP contribution in [0.2, 0.25) is 0 Å². The molecule has 0 fully saturated rings. The number of anilines is 1. The number of hydrogen-bond donors (Lipinski definition) is 4. The van der Waals surface area contributed by atoms with Crippen molar-refractivity contribution in [2.24, 2.45) is 5.73 Å². The number of hydrogen-bond acceptors (Lipinski definition) is 2. The predicted molar refractivity (Wildman–Crippen MR) is 51.3 cm³/mol. The van der Waals surface area contributed by atoms with Crippen LogP contribution in [0.25, 0.3) is 0 Å². The molecule has 0 bridgehead atoms. The fourth-order valence-corrected chi connectivity index (χ4v) is 1.42. The predicted octanol–water partition coefficient (Wildman–Crippen LogP) is -0.0198. The monoisotopic (exact) mass is 216 g/mol. The molecule has 0 unspecified atom stereocenters. The van der Waals surface area contributed by atoms with Gasteiger partial charge in [0.05, 0.1) is 5.30 Å². The van der Waals surface area contributed by atoms with E-state index in [-0.39, 0.29) is 5.30 Å². The third kappa shape index (κ3) is 2.85. The number of carbonyl (C=O) groups is 1. The van der Waals surface area contributed by atoms with E-state index in [1.807, 2.05) is 0 Å². The molecule has 1 aromatic carbocycles. The van der Waals surface area contributed by atoms with Gasteiger partial charge in [-0.15, -0.1) is 0 Å². The standard InChI is InChI=1S/C7H9N2O4P/c8-7(10)9-5-1-3-6(4-2-5)14(11,12)13/h1-4H,(H3,8,9,10)(H2,11,12,13). The Morgan fingerprint density at radius 3 is 2.14 bits per heavy atom. The van der Waals surface area contributed by atoms with Gasteiger partial charge in [0, 0.05) is 5.69 Å². The minimum absolute atomic E-state index is 0.104. The van der Waals surface area contributed by atoms with E-state index in [1.54, 1.807) is 0 Å². The van der Waals surface area contributed by atoms with E-state index < -0.39 is 13.6 Å². The normalized spacial score (nSPS) is 11.0. The Morgan fingerprint density at radius 1 is 1.29 bits per heavy atom. The third-order valence-corrected chi connectivity index (χ3v) is 2.44. The van der Waals surface area contributed by atoms with Crippen molar-refractivity contribution in [1.82, 2.24) is 0 Å². The first-order valence-corrected chi connectivity index (χ1v) is 5.23. The molecule has 0 atom stereocenters. The molecule has 0 aliphatic carbocycles. The van der Waals surface area contributed by atoms with Crippen LogP contribution in [0.1, 0.15) is 0 Å². The fourth-order valence-electron chi connectivity index (χ4n) is 0.881. The van der Waals surface area contributed by atoms with Crippen LogP contribution in [0.5, 0.6) is 0 Å². The number of nitrogens with one attached hydrogen (secondary N) is 1. The summed E-state index contributed by atoms with van der Waals surface area (Å²) >= 11 is 0. The van der Waals surface area contributed by atoms with Gasteiger partial charge >= 0.3 is 13.6 Å². The van der Waals surface area contributed by atoms with E-state index in [2.05, 4.69) is 5.32 Å². The first-order chi connectivity index (χ1) is 6.39. The maximum atomic E-state index is 10.7. The zero-order valence-corrected chi connectivity index (χ0v) is 7.94. The van der Waals surface area contributed by atoms with Gasteiger partial charge < -0.3 is 20.8 Å². The minimum atomic E-state index is -4.22. The van der Waals surface area contributed by atoms with Gasteiger partial charge in [-0.1, -0.05) is 0 Å². The van der Waals surface area contributed by atoms with Crippen LogP contribution in [0.3, 0.4) is 0 Å². The highest BCUT2D eigenvalue weighted by atomic mass is 31.2. The van der Waals surface area contributed by atoms with Crippen molar-refractivity contribution >= 4 is 24.6 Å². The maximum Gasteiger partial charge on any atom is 0.356 e. The van der Waals surface area contributed by atoms with Gasteiger partial charge in [0.25, 0.3) is 0 Å². The number of carbonyl (C=O) groups excluding carboxylic acids is 1. The zero-order valence-electron chi connectivity index (χ0n) is 7.04. The third-order valence-electron chi connectivity index (χ3n) is 1.47. The smallest absolute Gasteiger partial charge is 0.351 e. The van der Waals surface area contributed by atoms with E-state index in [1.165, 1.54) is 24.3 Å². The molecule has 2 amide bonds. The summed E-state index contributed by atoms with van der Waals surface area (Å²) in [4.78, 5) is 27.9. The van der Waals surface area contributed by atoms with Crippen molar-refractivity contribution in [3.63, 3.8) is 0 Å². The zero-order chi connectivity index (χ0) is 10.8. The molecule has 0 aliphatic heterocycles. The lowest BCUT2D eigenvalue weighted by Crippen LogP contribution is -2.19. The van der Waals surface area contributed by atoms with Crippen LogP contribution >= 0.6 is 7.60 Å². The Morgan fingerprint density at radius 2 is 1.79 bits per heavy atom. The van der Waals surface area contributed by atoms with E-state index >= 15 is 0 Å². The van der Waals surface area contributed by atoms with Gasteiger partial charge in [0.1, 0.15) is 0 Å². The average molecular weight is 216 g/mol. The molecule has 6 nitrogen and oxygen atoms in total. The van der Waals surface area contributed by atoms with Crippen molar-refractivity contribution in [2.75, 3.05) is 5.32 Å². The van der Waals surface area contributed by atoms with Crippen LogP contribution in [-0.2, 0) is 4.57 Å². The summed E-state index contributed by atoms with van der Waals surface area (Å²) < 4.78 is 10.7. The van der Waals surface area contributed by atoms with Gasteiger partial charge in [-0.3, -0.25) is 4.57 Å². The number of benzene rings is 1. The van der Waals surface area contributed by atoms with E-state index in [4.69, 9.17) is 15.5 Å². The van der Waals surface area contributed by atoms with Crippen LogP contribution < -0.4 is 16.4 Å². The second kappa shape index (κ2) is 3.79. The van der Waals surface area contributed by atoms with Crippen LogP contribution in [-0.4, -0.2) is 15.8 Å². The number of amides is 2. The molecule has 0 spiro atoms. The Labute approximate surface area is 79.9 Å². The average Bonchev–Trinajstić information content (AvgIpc) is 2.02. The first-order valence-electron chi connectivity index (χ1n) is 3.62. The van der Waals surface area contributed by atoms with E-state index in [9.17, 15) is 9.36 Å². The van der Waals surface area contributed by atoms with Crippen LogP contribution in [0.15, 0.2) is 24.3 Å². The Balaban J connectivity index is 2.89. The Kier molecular flexibility index (Phi) is 2.90. The summed E-state index contributed by atoms with van der Waals surface area (Å²) in [5.74, 6) is 0. The van der Waals surface area contributed by atoms with Crippen molar-refractivity contribution in [3.05, 3.63) is 24.3 Å². The van der Waals surface area contributed by atoms with Crippen LogP contribution in [0.4, 0.5) is 10.5 Å². The number of urea groups is 1. The molecule has 0 saturated carbocycles. The second-order valence-electron chi connectivity index (χ2n) is 2.58. The molecular formula is C7H9N2O4P. The minimum Gasteiger partial charge on any atom is -0.351 e. The molecule has 0 heterocycles. The van der Waals surface area contributed by atoms with Gasteiger partial charge in [-0.05, 0) is 24.3 Å². The lowest BCUT2D eigenvalue weighted by molar-refractivity contribution is 0.259. The fraction of sp³-hybridized carbons (Fsp3) is 0. The summed E-state index contributed by atoms with van der Waals surface area (Å²) in [5, 5.41) is 2.17. The van der Waals surface area contributed by atoms with Crippen molar-refractivity contribution in [3.8, 4) is 0 Å². The summed E-state index contributed by atoms with van der Waals surface area (Å²) in [7, 11) is -4.22. The molecule has 76 valence electrons. The highest BCUT2D eigenvalue weighted by Crippen LogP contribution is 2.33. The largest absolute Gasteiger partial charge is 0.356 e. The lowest BCUT2D eigenvalue weighted by Gasteiger charge is -2.05. The van der Waals surface area contributed by atoms with Crippen molar-refractivity contribution in [2.45, 2.75) is 0 Å². The molecule has 0 aromatic heterocycles. The quantitative estimate of drug-likeness (QED) is 0.520. The van der Waals surface area contributed by atoms with Gasteiger partial charge in [0.15, 0.2) is 0 Å². The molecule has 0 aliphatic rings. The number of primary amides is 1. The Bertz CT molecular complexity index is 383. The lowest BCUT2D eigenvalue weighted by atomic mass is 10.3. The second-order valence-corrected chi connectivity index (χ2v) is 4.18. The summed E-state index contributed by atoms with van der Waals surface area (Å²) in [6.07, 6.45) is 0. The molecule has 1 rings (SSSR count). The Hall–Kier alpha value is -1.36. The summed E-state index contributed by atoms with van der Waals surface area (Å²) in [5.41, 5.74) is 5.23. The van der Waals surface area contributed by atoms with Gasteiger partial charge in [0.2, 0.25) is 0 Å². The molecule has 7 heteroatoms. The van der Waals surface area contributed by atoms with Gasteiger partial charge in [-0.25, -0.2) is 4.79 Å². The first kappa shape index (κ1) is 10.7. The number of rotatable bonds is 2. The van der Waals surface area contributed by atoms with Crippen LogP contribution in [0, 0.1) is 0 Å². The molecule has 1 aromatic rings. The SMILES string of the molecule is NC(=O)Nc1ccc(P(=O)(O)O)cc1. The van der Waals surface area contributed by atoms with Crippen molar-refractivity contribution < 1.29 is 19.1 Å². The van der Waals surface area contributed by atoms with Crippen molar-refractivity contribution in [1.29, 1.82) is 0 Å². The highest BCUT2D eigenvalue weighted by Gasteiger charge is 2.15. The van der Waals surface area contributed by atoms with E-state index in [0.717, 1.165) is 0 Å². The molecule has 14 heavy (non-hydrogen) atoms.